The quantitative estimate of drug-likeness (QED) is 0.367. The van der Waals surface area contributed by atoms with Crippen molar-refractivity contribution < 1.29 is 14.5 Å². The number of rotatable bonds is 5. The van der Waals surface area contributed by atoms with Crippen molar-refractivity contribution in [2.24, 2.45) is 4.99 Å². The van der Waals surface area contributed by atoms with E-state index in [2.05, 4.69) is 4.99 Å². The van der Waals surface area contributed by atoms with Crippen LogP contribution in [0.1, 0.15) is 10.4 Å². The van der Waals surface area contributed by atoms with Crippen LogP contribution in [0.25, 0.3) is 21.0 Å². The van der Waals surface area contributed by atoms with Crippen molar-refractivity contribution in [1.82, 2.24) is 4.57 Å². The number of nitrogens with zero attached hydrogens (tertiary/aromatic N) is 3. The third-order valence-electron chi connectivity index (χ3n) is 4.61. The summed E-state index contributed by atoms with van der Waals surface area (Å²) in [4.78, 5) is 28.5. The van der Waals surface area contributed by atoms with E-state index in [0.29, 0.717) is 28.2 Å². The van der Waals surface area contributed by atoms with Crippen molar-refractivity contribution in [3.05, 3.63) is 81.1 Å². The third kappa shape index (κ3) is 3.67. The molecule has 0 bridgehead atoms. The van der Waals surface area contributed by atoms with Gasteiger partial charge in [0.1, 0.15) is 0 Å². The summed E-state index contributed by atoms with van der Waals surface area (Å²) in [5, 5.41) is 12.9. The van der Waals surface area contributed by atoms with Crippen LogP contribution in [0.4, 0.5) is 5.69 Å². The van der Waals surface area contributed by atoms with E-state index in [0.717, 1.165) is 16.3 Å². The van der Waals surface area contributed by atoms with Crippen LogP contribution in [-0.2, 0) is 11.3 Å². The van der Waals surface area contributed by atoms with E-state index >= 15 is 0 Å². The molecule has 4 aromatic rings. The van der Waals surface area contributed by atoms with E-state index in [9.17, 15) is 14.9 Å². The lowest BCUT2D eigenvalue weighted by atomic mass is 10.0. The first-order valence-corrected chi connectivity index (χ1v) is 9.73. The van der Waals surface area contributed by atoms with Gasteiger partial charge in [0, 0.05) is 31.4 Å². The Kier molecular flexibility index (Phi) is 5.20. The fourth-order valence-electron chi connectivity index (χ4n) is 3.22. The number of amides is 1. The molecular weight excluding hydrogens is 390 g/mol. The molecule has 1 heterocycles. The minimum Gasteiger partial charge on any atom is -0.383 e. The molecule has 0 spiro atoms. The van der Waals surface area contributed by atoms with E-state index in [-0.39, 0.29) is 11.6 Å². The van der Waals surface area contributed by atoms with Crippen molar-refractivity contribution in [3.63, 3.8) is 0 Å². The number of aromatic nitrogens is 1. The SMILES string of the molecule is COCCn1c(=NC(=O)c2cccc3ccccc23)sc2cc([N+](=O)[O-])ccc21. The van der Waals surface area contributed by atoms with Gasteiger partial charge in [0.15, 0.2) is 4.80 Å². The zero-order valence-corrected chi connectivity index (χ0v) is 16.4. The largest absolute Gasteiger partial charge is 0.383 e. The average Bonchev–Trinajstić information content (AvgIpc) is 3.07. The number of methoxy groups -OCH3 is 1. The zero-order chi connectivity index (χ0) is 20.4. The first-order valence-electron chi connectivity index (χ1n) is 8.92. The predicted octanol–water partition coefficient (Wildman–Crippen LogP) is 4.15. The second-order valence-corrected chi connectivity index (χ2v) is 7.39. The second kappa shape index (κ2) is 7.94. The molecule has 7 nitrogen and oxygen atoms in total. The van der Waals surface area contributed by atoms with Crippen molar-refractivity contribution >= 4 is 43.9 Å². The van der Waals surface area contributed by atoms with E-state index in [1.807, 2.05) is 41.0 Å². The minimum absolute atomic E-state index is 0.00423. The fraction of sp³-hybridized carbons (Fsp3) is 0.143. The van der Waals surface area contributed by atoms with Gasteiger partial charge < -0.3 is 9.30 Å². The summed E-state index contributed by atoms with van der Waals surface area (Å²) in [5.74, 6) is -0.353. The summed E-state index contributed by atoms with van der Waals surface area (Å²) >= 11 is 1.25. The summed E-state index contributed by atoms with van der Waals surface area (Å²) in [7, 11) is 1.60. The summed E-state index contributed by atoms with van der Waals surface area (Å²) in [5.41, 5.74) is 1.30. The number of non-ortho nitro benzene ring substituents is 1. The Morgan fingerprint density at radius 1 is 1.17 bits per heavy atom. The number of ether oxygens (including phenoxy) is 1. The van der Waals surface area contributed by atoms with Crippen LogP contribution in [0.15, 0.2) is 65.7 Å². The molecule has 0 aliphatic heterocycles. The van der Waals surface area contributed by atoms with Crippen LogP contribution < -0.4 is 4.80 Å². The van der Waals surface area contributed by atoms with Gasteiger partial charge in [-0.1, -0.05) is 47.7 Å². The molecule has 0 saturated carbocycles. The molecule has 0 atom stereocenters. The lowest BCUT2D eigenvalue weighted by molar-refractivity contribution is -0.384. The normalized spacial score (nSPS) is 12.0. The van der Waals surface area contributed by atoms with Gasteiger partial charge in [0.05, 0.1) is 21.7 Å². The first-order chi connectivity index (χ1) is 14.1. The maximum absolute atomic E-state index is 13.0. The van der Waals surface area contributed by atoms with Crippen LogP contribution in [0, 0.1) is 10.1 Å². The fourth-order valence-corrected chi connectivity index (χ4v) is 4.31. The van der Waals surface area contributed by atoms with E-state index in [1.165, 1.54) is 23.5 Å². The van der Waals surface area contributed by atoms with Crippen LogP contribution in [-0.4, -0.2) is 29.1 Å². The molecule has 0 unspecified atom stereocenters. The Morgan fingerprint density at radius 3 is 2.76 bits per heavy atom. The predicted molar refractivity (Wildman–Crippen MR) is 112 cm³/mol. The smallest absolute Gasteiger partial charge is 0.280 e. The van der Waals surface area contributed by atoms with E-state index < -0.39 is 4.92 Å². The van der Waals surface area contributed by atoms with Gasteiger partial charge in [-0.05, 0) is 22.9 Å². The summed E-state index contributed by atoms with van der Waals surface area (Å²) in [6, 6.07) is 17.8. The maximum Gasteiger partial charge on any atom is 0.280 e. The number of hydrogen-bond acceptors (Lipinski definition) is 5. The molecule has 29 heavy (non-hydrogen) atoms. The highest BCUT2D eigenvalue weighted by Gasteiger charge is 2.14. The molecule has 1 amide bonds. The molecule has 0 N–H and O–H groups in total. The Labute approximate surface area is 169 Å². The number of carbonyl (C=O) groups is 1. The second-order valence-electron chi connectivity index (χ2n) is 6.38. The monoisotopic (exact) mass is 407 g/mol. The van der Waals surface area contributed by atoms with Gasteiger partial charge in [-0.2, -0.15) is 4.99 Å². The van der Waals surface area contributed by atoms with Gasteiger partial charge in [-0.3, -0.25) is 14.9 Å². The molecule has 0 saturated heterocycles. The number of fused-ring (bicyclic) bond motifs is 2. The van der Waals surface area contributed by atoms with Crippen LogP contribution in [0.3, 0.4) is 0 Å². The number of hydrogen-bond donors (Lipinski definition) is 0. The molecule has 0 fully saturated rings. The topological polar surface area (TPSA) is 86.7 Å². The first kappa shape index (κ1) is 19.0. The zero-order valence-electron chi connectivity index (χ0n) is 15.6. The van der Waals surface area contributed by atoms with Gasteiger partial charge in [-0.25, -0.2) is 0 Å². The lowest BCUT2D eigenvalue weighted by Crippen LogP contribution is -2.19. The lowest BCUT2D eigenvalue weighted by Gasteiger charge is -2.05. The maximum atomic E-state index is 13.0. The number of benzene rings is 3. The Hall–Kier alpha value is -3.36. The molecule has 0 radical (unpaired) electrons. The van der Waals surface area contributed by atoms with E-state index in [1.54, 1.807) is 19.2 Å². The molecular formula is C21H17N3O4S. The van der Waals surface area contributed by atoms with Gasteiger partial charge in [0.2, 0.25) is 0 Å². The van der Waals surface area contributed by atoms with Gasteiger partial charge >= 0.3 is 0 Å². The summed E-state index contributed by atoms with van der Waals surface area (Å²) in [6.07, 6.45) is 0. The van der Waals surface area contributed by atoms with Crippen molar-refractivity contribution in [2.45, 2.75) is 6.54 Å². The summed E-state index contributed by atoms with van der Waals surface area (Å²) in [6.45, 7) is 0.911. The number of nitro benzene ring substituents is 1. The molecule has 1 aromatic heterocycles. The molecule has 3 aromatic carbocycles. The van der Waals surface area contributed by atoms with E-state index in [4.69, 9.17) is 4.74 Å². The molecule has 0 aliphatic carbocycles. The third-order valence-corrected chi connectivity index (χ3v) is 5.65. The minimum atomic E-state index is -0.434. The van der Waals surface area contributed by atoms with Crippen molar-refractivity contribution in [1.29, 1.82) is 0 Å². The van der Waals surface area contributed by atoms with Gasteiger partial charge in [0.25, 0.3) is 11.6 Å². The Bertz CT molecular complexity index is 1300. The molecule has 0 aliphatic rings. The summed E-state index contributed by atoms with van der Waals surface area (Å²) < 4.78 is 7.73. The van der Waals surface area contributed by atoms with Gasteiger partial charge in [-0.15, -0.1) is 0 Å². The van der Waals surface area contributed by atoms with Crippen molar-refractivity contribution in [2.75, 3.05) is 13.7 Å². The highest BCUT2D eigenvalue weighted by molar-refractivity contribution is 7.16. The van der Waals surface area contributed by atoms with Crippen molar-refractivity contribution in [3.8, 4) is 0 Å². The molecule has 8 heteroatoms. The number of carbonyl (C=O) groups excluding carboxylic acids is 1. The van der Waals surface area contributed by atoms with Crippen LogP contribution in [0.2, 0.25) is 0 Å². The van der Waals surface area contributed by atoms with Crippen LogP contribution >= 0.6 is 11.3 Å². The highest BCUT2D eigenvalue weighted by atomic mass is 32.1. The highest BCUT2D eigenvalue weighted by Crippen LogP contribution is 2.24. The standard InChI is InChI=1S/C21H17N3O4S/c1-28-12-11-23-18-10-9-15(24(26)27)13-19(18)29-21(23)22-20(25)17-8-4-6-14-5-2-3-7-16(14)17/h2-10,13H,11-12H2,1H3. The molecule has 4 rings (SSSR count). The average molecular weight is 407 g/mol. The Balaban J connectivity index is 1.87. The Morgan fingerprint density at radius 2 is 1.97 bits per heavy atom. The molecule has 146 valence electrons. The number of thiazole rings is 1. The number of nitro groups is 1. The van der Waals surface area contributed by atoms with Crippen LogP contribution in [0.5, 0.6) is 0 Å².